The molecule has 1 aromatic rings. The topological polar surface area (TPSA) is 70.3 Å². The minimum atomic E-state index is -1.08. The lowest BCUT2D eigenvalue weighted by molar-refractivity contribution is -0.154. The summed E-state index contributed by atoms with van der Waals surface area (Å²) in [5, 5.41) is 17.9. The van der Waals surface area contributed by atoms with E-state index in [4.69, 9.17) is 10.00 Å². The molecule has 88 valence electrons. The van der Waals surface area contributed by atoms with Gasteiger partial charge in [-0.25, -0.2) is 4.79 Å². The zero-order valence-corrected chi connectivity index (χ0v) is 9.35. The Morgan fingerprint density at radius 3 is 2.35 bits per heavy atom. The normalized spacial score (nSPS) is 17.4. The van der Waals surface area contributed by atoms with Crippen molar-refractivity contribution in [1.29, 1.82) is 5.26 Å². The van der Waals surface area contributed by atoms with Crippen LogP contribution in [0, 0.1) is 11.3 Å². The van der Waals surface area contributed by atoms with Gasteiger partial charge in [0.25, 0.3) is 0 Å². The van der Waals surface area contributed by atoms with E-state index >= 15 is 0 Å². The predicted octanol–water partition coefficient (Wildman–Crippen LogP) is 2.33. The number of aliphatic carboxylic acids is 1. The van der Waals surface area contributed by atoms with Gasteiger partial charge in [0.2, 0.25) is 5.60 Å². The molecule has 0 aliphatic heterocycles. The molecule has 2 rings (SSSR count). The summed E-state index contributed by atoms with van der Waals surface area (Å²) < 4.78 is 5.61. The monoisotopic (exact) mass is 231 g/mol. The summed E-state index contributed by atoms with van der Waals surface area (Å²) in [4.78, 5) is 11.3. The molecule has 0 aromatic heterocycles. The van der Waals surface area contributed by atoms with Crippen LogP contribution in [-0.2, 0) is 4.79 Å². The molecule has 17 heavy (non-hydrogen) atoms. The molecule has 1 fully saturated rings. The van der Waals surface area contributed by atoms with Gasteiger partial charge in [-0.05, 0) is 49.9 Å². The molecule has 0 radical (unpaired) electrons. The summed E-state index contributed by atoms with van der Waals surface area (Å²) in [6, 6.07) is 8.54. The van der Waals surface area contributed by atoms with Gasteiger partial charge in [0, 0.05) is 0 Å². The Labute approximate surface area is 99.4 Å². The Morgan fingerprint density at radius 2 is 1.88 bits per heavy atom. The Hall–Kier alpha value is -2.02. The third-order valence-corrected chi connectivity index (χ3v) is 3.10. The SMILES string of the molecule is N#Cc1ccc(OC2(C(=O)O)CCCC2)cc1. The van der Waals surface area contributed by atoms with Gasteiger partial charge in [-0.15, -0.1) is 0 Å². The maximum atomic E-state index is 11.3. The first kappa shape index (κ1) is 11.5. The van der Waals surface area contributed by atoms with Crippen LogP contribution in [0.1, 0.15) is 31.2 Å². The number of rotatable bonds is 3. The van der Waals surface area contributed by atoms with Crippen LogP contribution in [0.15, 0.2) is 24.3 Å². The standard InChI is InChI=1S/C13H13NO3/c14-9-10-3-5-11(6-4-10)17-13(12(15)16)7-1-2-8-13/h3-6H,1-2,7-8H2,(H,15,16). The molecule has 1 saturated carbocycles. The minimum Gasteiger partial charge on any atom is -0.478 e. The number of hydrogen-bond acceptors (Lipinski definition) is 3. The van der Waals surface area contributed by atoms with Gasteiger partial charge in [-0.1, -0.05) is 0 Å². The van der Waals surface area contributed by atoms with Crippen LogP contribution >= 0.6 is 0 Å². The van der Waals surface area contributed by atoms with E-state index in [1.807, 2.05) is 6.07 Å². The van der Waals surface area contributed by atoms with E-state index < -0.39 is 11.6 Å². The lowest BCUT2D eigenvalue weighted by Gasteiger charge is -2.25. The maximum Gasteiger partial charge on any atom is 0.348 e. The number of carbonyl (C=O) groups is 1. The van der Waals surface area contributed by atoms with Crippen LogP contribution in [0.25, 0.3) is 0 Å². The molecule has 1 N–H and O–H groups in total. The van der Waals surface area contributed by atoms with Crippen molar-refractivity contribution in [3.8, 4) is 11.8 Å². The van der Waals surface area contributed by atoms with E-state index in [0.29, 0.717) is 24.2 Å². The smallest absolute Gasteiger partial charge is 0.348 e. The second kappa shape index (κ2) is 4.46. The Bertz CT molecular complexity index is 453. The van der Waals surface area contributed by atoms with Crippen molar-refractivity contribution in [2.24, 2.45) is 0 Å². The Balaban J connectivity index is 2.18. The van der Waals surface area contributed by atoms with E-state index in [-0.39, 0.29) is 0 Å². The van der Waals surface area contributed by atoms with Crippen molar-refractivity contribution >= 4 is 5.97 Å². The fraction of sp³-hybridized carbons (Fsp3) is 0.385. The molecule has 0 amide bonds. The summed E-state index contributed by atoms with van der Waals surface area (Å²) in [7, 11) is 0. The summed E-state index contributed by atoms with van der Waals surface area (Å²) in [5.74, 6) is -0.396. The molecule has 1 aromatic carbocycles. The molecule has 0 spiro atoms. The molecule has 4 heteroatoms. The number of nitrogens with zero attached hydrogens (tertiary/aromatic N) is 1. The molecule has 1 aliphatic carbocycles. The van der Waals surface area contributed by atoms with Crippen molar-refractivity contribution in [2.75, 3.05) is 0 Å². The van der Waals surface area contributed by atoms with Crippen LogP contribution in [0.5, 0.6) is 5.75 Å². The second-order valence-electron chi connectivity index (χ2n) is 4.24. The first-order valence-electron chi connectivity index (χ1n) is 5.59. The minimum absolute atomic E-state index is 0.508. The lowest BCUT2D eigenvalue weighted by Crippen LogP contribution is -2.41. The van der Waals surface area contributed by atoms with Crippen LogP contribution in [0.4, 0.5) is 0 Å². The van der Waals surface area contributed by atoms with Gasteiger partial charge in [0.05, 0.1) is 11.6 Å². The van der Waals surface area contributed by atoms with E-state index in [1.54, 1.807) is 24.3 Å². The van der Waals surface area contributed by atoms with Gasteiger partial charge in [-0.2, -0.15) is 5.26 Å². The summed E-state index contributed by atoms with van der Waals surface area (Å²) in [6.07, 6.45) is 2.84. The lowest BCUT2D eigenvalue weighted by atomic mass is 10.0. The summed E-state index contributed by atoms with van der Waals surface area (Å²) in [5.41, 5.74) is -0.540. The largest absolute Gasteiger partial charge is 0.478 e. The average Bonchev–Trinajstić information content (AvgIpc) is 2.80. The molecular formula is C13H13NO3. The maximum absolute atomic E-state index is 11.3. The number of carboxylic acids is 1. The van der Waals surface area contributed by atoms with Crippen molar-refractivity contribution in [2.45, 2.75) is 31.3 Å². The first-order chi connectivity index (χ1) is 8.16. The number of ether oxygens (including phenoxy) is 1. The van der Waals surface area contributed by atoms with Crippen LogP contribution in [-0.4, -0.2) is 16.7 Å². The van der Waals surface area contributed by atoms with E-state index in [9.17, 15) is 9.90 Å². The fourth-order valence-corrected chi connectivity index (χ4v) is 2.13. The average molecular weight is 231 g/mol. The van der Waals surface area contributed by atoms with Gasteiger partial charge in [0.15, 0.2) is 0 Å². The predicted molar refractivity (Wildman–Crippen MR) is 60.6 cm³/mol. The van der Waals surface area contributed by atoms with Gasteiger partial charge in [-0.3, -0.25) is 0 Å². The van der Waals surface area contributed by atoms with Crippen LogP contribution in [0.2, 0.25) is 0 Å². The summed E-state index contributed by atoms with van der Waals surface area (Å²) >= 11 is 0. The molecule has 0 bridgehead atoms. The molecule has 0 heterocycles. The molecule has 0 atom stereocenters. The Kier molecular flexibility index (Phi) is 3.01. The number of nitriles is 1. The third kappa shape index (κ3) is 2.23. The van der Waals surface area contributed by atoms with Crippen LogP contribution < -0.4 is 4.74 Å². The highest BCUT2D eigenvalue weighted by Gasteiger charge is 2.43. The van der Waals surface area contributed by atoms with Crippen molar-refractivity contribution in [3.63, 3.8) is 0 Å². The van der Waals surface area contributed by atoms with E-state index in [0.717, 1.165) is 12.8 Å². The second-order valence-corrected chi connectivity index (χ2v) is 4.24. The quantitative estimate of drug-likeness (QED) is 0.866. The van der Waals surface area contributed by atoms with Crippen molar-refractivity contribution in [1.82, 2.24) is 0 Å². The first-order valence-corrected chi connectivity index (χ1v) is 5.59. The van der Waals surface area contributed by atoms with Gasteiger partial charge in [0.1, 0.15) is 5.75 Å². The van der Waals surface area contributed by atoms with Crippen molar-refractivity contribution < 1.29 is 14.6 Å². The van der Waals surface area contributed by atoms with E-state index in [2.05, 4.69) is 0 Å². The molecule has 4 nitrogen and oxygen atoms in total. The molecular weight excluding hydrogens is 218 g/mol. The van der Waals surface area contributed by atoms with E-state index in [1.165, 1.54) is 0 Å². The van der Waals surface area contributed by atoms with Crippen LogP contribution in [0.3, 0.4) is 0 Å². The fourth-order valence-electron chi connectivity index (χ4n) is 2.13. The molecule has 1 aliphatic rings. The highest BCUT2D eigenvalue weighted by Crippen LogP contribution is 2.34. The third-order valence-electron chi connectivity index (χ3n) is 3.10. The zero-order chi connectivity index (χ0) is 12.3. The number of carboxylic acid groups (broad SMARTS) is 1. The number of benzene rings is 1. The summed E-state index contributed by atoms with van der Waals surface area (Å²) in [6.45, 7) is 0. The van der Waals surface area contributed by atoms with Gasteiger partial charge >= 0.3 is 5.97 Å². The number of hydrogen-bond donors (Lipinski definition) is 1. The van der Waals surface area contributed by atoms with Gasteiger partial charge < -0.3 is 9.84 Å². The van der Waals surface area contributed by atoms with Crippen molar-refractivity contribution in [3.05, 3.63) is 29.8 Å². The Morgan fingerprint density at radius 1 is 1.29 bits per heavy atom. The zero-order valence-electron chi connectivity index (χ0n) is 9.35. The highest BCUT2D eigenvalue weighted by molar-refractivity contribution is 5.78. The highest BCUT2D eigenvalue weighted by atomic mass is 16.5. The molecule has 0 saturated heterocycles. The molecule has 0 unspecified atom stereocenters.